The number of aliphatic carboxylic acids is 1. The van der Waals surface area contributed by atoms with Crippen LogP contribution in [0.1, 0.15) is 45.4 Å². The molecule has 0 aliphatic carbocycles. The number of nitrogens with one attached hydrogen (secondary N) is 2. The van der Waals surface area contributed by atoms with Crippen molar-refractivity contribution >= 4 is 17.7 Å². The third-order valence-electron chi connectivity index (χ3n) is 3.00. The highest BCUT2D eigenvalue weighted by atomic mass is 16.4. The molecule has 1 aromatic rings. The summed E-state index contributed by atoms with van der Waals surface area (Å²) in [6, 6.07) is -0.293. The number of nitrogens with zero attached hydrogens (tertiary/aromatic N) is 2. The molecular formula is C14H24N4O3. The quantitative estimate of drug-likeness (QED) is 0.578. The van der Waals surface area contributed by atoms with Crippen LogP contribution < -0.4 is 10.6 Å². The Morgan fingerprint density at radius 3 is 2.67 bits per heavy atom. The maximum atomic E-state index is 11.6. The number of carboxylic acid groups (broad SMARTS) is 1. The predicted octanol–water partition coefficient (Wildman–Crippen LogP) is 2.45. The van der Waals surface area contributed by atoms with Crippen molar-refractivity contribution in [2.75, 3.05) is 11.9 Å². The third-order valence-corrected chi connectivity index (χ3v) is 3.00. The Balaban J connectivity index is 2.13. The molecule has 0 spiro atoms. The van der Waals surface area contributed by atoms with E-state index in [1.54, 1.807) is 0 Å². The first-order valence-electron chi connectivity index (χ1n) is 7.41. The Labute approximate surface area is 124 Å². The number of amides is 2. The van der Waals surface area contributed by atoms with Gasteiger partial charge in [0.05, 0.1) is 11.9 Å². The van der Waals surface area contributed by atoms with E-state index in [1.807, 2.05) is 0 Å². The molecule has 1 rings (SSSR count). The minimum atomic E-state index is -0.975. The highest BCUT2D eigenvalue weighted by Crippen LogP contribution is 2.05. The lowest BCUT2D eigenvalue weighted by Gasteiger charge is -2.05. The molecule has 118 valence electrons. The van der Waals surface area contributed by atoms with Crippen molar-refractivity contribution in [1.82, 2.24) is 15.1 Å². The minimum Gasteiger partial charge on any atom is -0.480 e. The molecule has 0 fully saturated rings. The molecule has 0 aliphatic rings. The number of aromatic nitrogens is 2. The van der Waals surface area contributed by atoms with Gasteiger partial charge in [-0.25, -0.2) is 4.79 Å². The maximum Gasteiger partial charge on any atom is 0.325 e. The van der Waals surface area contributed by atoms with E-state index in [-0.39, 0.29) is 12.6 Å². The van der Waals surface area contributed by atoms with E-state index in [9.17, 15) is 9.59 Å². The van der Waals surface area contributed by atoms with Crippen LogP contribution in [-0.2, 0) is 11.3 Å². The van der Waals surface area contributed by atoms with Gasteiger partial charge in [-0.15, -0.1) is 0 Å². The fourth-order valence-electron chi connectivity index (χ4n) is 1.94. The summed E-state index contributed by atoms with van der Waals surface area (Å²) in [5.41, 5.74) is 0.483. The molecule has 0 bridgehead atoms. The second-order valence-corrected chi connectivity index (χ2v) is 4.97. The molecular weight excluding hydrogens is 272 g/mol. The van der Waals surface area contributed by atoms with E-state index in [2.05, 4.69) is 22.7 Å². The van der Waals surface area contributed by atoms with Gasteiger partial charge < -0.3 is 15.7 Å². The zero-order valence-electron chi connectivity index (χ0n) is 12.5. The van der Waals surface area contributed by atoms with E-state index in [4.69, 9.17) is 5.11 Å². The monoisotopic (exact) mass is 296 g/mol. The van der Waals surface area contributed by atoms with Crippen molar-refractivity contribution in [1.29, 1.82) is 0 Å². The first-order chi connectivity index (χ1) is 10.1. The summed E-state index contributed by atoms with van der Waals surface area (Å²) < 4.78 is 1.26. The summed E-state index contributed by atoms with van der Waals surface area (Å²) in [5, 5.41) is 17.8. The molecule has 0 atom stereocenters. The number of carbonyl (C=O) groups excluding carboxylic acids is 1. The number of hydrogen-bond acceptors (Lipinski definition) is 3. The lowest BCUT2D eigenvalue weighted by atomic mass is 10.1. The van der Waals surface area contributed by atoms with Crippen molar-refractivity contribution in [3.63, 3.8) is 0 Å². The largest absolute Gasteiger partial charge is 0.480 e. The van der Waals surface area contributed by atoms with Gasteiger partial charge in [0.1, 0.15) is 6.54 Å². The molecule has 0 radical (unpaired) electrons. The number of urea groups is 1. The summed E-state index contributed by atoms with van der Waals surface area (Å²) in [6.07, 6.45) is 9.97. The van der Waals surface area contributed by atoms with Crippen LogP contribution in [0.5, 0.6) is 0 Å². The average molecular weight is 296 g/mol. The summed E-state index contributed by atoms with van der Waals surface area (Å²) in [5.74, 6) is -0.975. The van der Waals surface area contributed by atoms with Gasteiger partial charge in [-0.05, 0) is 6.42 Å². The van der Waals surface area contributed by atoms with E-state index in [1.165, 1.54) is 42.8 Å². The van der Waals surface area contributed by atoms with Crippen LogP contribution >= 0.6 is 0 Å². The van der Waals surface area contributed by atoms with Crippen LogP contribution in [0.25, 0.3) is 0 Å². The molecule has 0 saturated heterocycles. The summed E-state index contributed by atoms with van der Waals surface area (Å²) in [7, 11) is 0. The Hall–Kier alpha value is -2.05. The van der Waals surface area contributed by atoms with Crippen molar-refractivity contribution in [2.24, 2.45) is 0 Å². The summed E-state index contributed by atoms with van der Waals surface area (Å²) >= 11 is 0. The van der Waals surface area contributed by atoms with Crippen LogP contribution in [0.3, 0.4) is 0 Å². The van der Waals surface area contributed by atoms with Crippen molar-refractivity contribution < 1.29 is 14.7 Å². The highest BCUT2D eigenvalue weighted by molar-refractivity contribution is 5.88. The summed E-state index contributed by atoms with van der Waals surface area (Å²) in [6.45, 7) is 2.60. The van der Waals surface area contributed by atoms with Crippen LogP contribution in [0.15, 0.2) is 12.4 Å². The number of anilines is 1. The molecule has 0 aromatic carbocycles. The molecule has 1 heterocycles. The Morgan fingerprint density at radius 1 is 1.24 bits per heavy atom. The number of carbonyl (C=O) groups is 2. The average Bonchev–Trinajstić information content (AvgIpc) is 2.84. The molecule has 7 nitrogen and oxygen atoms in total. The molecule has 0 saturated carbocycles. The van der Waals surface area contributed by atoms with Crippen LogP contribution in [0.2, 0.25) is 0 Å². The molecule has 21 heavy (non-hydrogen) atoms. The number of hydrogen-bond donors (Lipinski definition) is 3. The van der Waals surface area contributed by atoms with Crippen LogP contribution in [0, 0.1) is 0 Å². The van der Waals surface area contributed by atoms with E-state index >= 15 is 0 Å². The maximum absolute atomic E-state index is 11.6. The molecule has 0 unspecified atom stereocenters. The molecule has 7 heteroatoms. The van der Waals surface area contributed by atoms with Crippen molar-refractivity contribution in [3.8, 4) is 0 Å². The number of carboxylic acids is 1. The van der Waals surface area contributed by atoms with E-state index in [0.29, 0.717) is 12.2 Å². The Morgan fingerprint density at radius 2 is 1.95 bits per heavy atom. The molecule has 3 N–H and O–H groups in total. The normalized spacial score (nSPS) is 10.3. The van der Waals surface area contributed by atoms with E-state index in [0.717, 1.165) is 12.8 Å². The molecule has 2 amide bonds. The second kappa shape index (κ2) is 9.79. The second-order valence-electron chi connectivity index (χ2n) is 4.97. The lowest BCUT2D eigenvalue weighted by molar-refractivity contribution is -0.137. The Bertz CT molecular complexity index is 445. The number of rotatable bonds is 10. The molecule has 0 aliphatic heterocycles. The fraction of sp³-hybridized carbons (Fsp3) is 0.643. The SMILES string of the molecule is CCCCCCCCNC(=O)Nc1cnn(CC(=O)O)c1. The topological polar surface area (TPSA) is 96.3 Å². The van der Waals surface area contributed by atoms with E-state index < -0.39 is 5.97 Å². The smallest absolute Gasteiger partial charge is 0.325 e. The van der Waals surface area contributed by atoms with Gasteiger partial charge in [0.2, 0.25) is 0 Å². The van der Waals surface area contributed by atoms with Gasteiger partial charge in [-0.3, -0.25) is 9.48 Å². The highest BCUT2D eigenvalue weighted by Gasteiger charge is 2.05. The van der Waals surface area contributed by atoms with Gasteiger partial charge in [-0.1, -0.05) is 39.0 Å². The standard InChI is InChI=1S/C14H24N4O3/c1-2-3-4-5-6-7-8-15-14(21)17-12-9-16-18(10-12)11-13(19)20/h9-10H,2-8,11H2,1H3,(H,19,20)(H2,15,17,21). The first kappa shape index (κ1) is 17.0. The third kappa shape index (κ3) is 7.96. The first-order valence-corrected chi connectivity index (χ1v) is 7.41. The molecule has 1 aromatic heterocycles. The van der Waals surface area contributed by atoms with Gasteiger partial charge >= 0.3 is 12.0 Å². The zero-order chi connectivity index (χ0) is 15.5. The Kier molecular flexibility index (Phi) is 7.93. The van der Waals surface area contributed by atoms with Gasteiger partial charge in [0.25, 0.3) is 0 Å². The summed E-state index contributed by atoms with van der Waals surface area (Å²) in [4.78, 5) is 22.1. The van der Waals surface area contributed by atoms with Gasteiger partial charge in [-0.2, -0.15) is 5.10 Å². The van der Waals surface area contributed by atoms with Crippen molar-refractivity contribution in [3.05, 3.63) is 12.4 Å². The van der Waals surface area contributed by atoms with Gasteiger partial charge in [0.15, 0.2) is 0 Å². The number of unbranched alkanes of at least 4 members (excludes halogenated alkanes) is 5. The van der Waals surface area contributed by atoms with Crippen LogP contribution in [0.4, 0.5) is 10.5 Å². The predicted molar refractivity (Wildman–Crippen MR) is 80.3 cm³/mol. The van der Waals surface area contributed by atoms with Crippen molar-refractivity contribution in [2.45, 2.75) is 52.0 Å². The minimum absolute atomic E-state index is 0.221. The van der Waals surface area contributed by atoms with Gasteiger partial charge in [0, 0.05) is 12.7 Å². The zero-order valence-corrected chi connectivity index (χ0v) is 12.5. The fourth-order valence-corrected chi connectivity index (χ4v) is 1.94. The lowest BCUT2D eigenvalue weighted by Crippen LogP contribution is -2.29. The van der Waals surface area contributed by atoms with Crippen LogP contribution in [-0.4, -0.2) is 33.4 Å².